The largest absolute Gasteiger partial charge is 0.464 e. The summed E-state index contributed by atoms with van der Waals surface area (Å²) < 4.78 is 19.0. The number of nitrogens with two attached hydrogens (primary N) is 1. The molecule has 4 aromatic rings. The van der Waals surface area contributed by atoms with Crippen molar-refractivity contribution in [1.29, 1.82) is 0 Å². The van der Waals surface area contributed by atoms with Crippen LogP contribution in [0, 0.1) is 0 Å². The van der Waals surface area contributed by atoms with Crippen molar-refractivity contribution in [2.24, 2.45) is 0 Å². The van der Waals surface area contributed by atoms with E-state index in [0.717, 1.165) is 53.0 Å². The van der Waals surface area contributed by atoms with Gasteiger partial charge in [-0.05, 0) is 50.7 Å². The van der Waals surface area contributed by atoms with Crippen LogP contribution in [0.3, 0.4) is 0 Å². The van der Waals surface area contributed by atoms with E-state index in [-0.39, 0.29) is 6.79 Å². The van der Waals surface area contributed by atoms with Crippen LogP contribution in [0.25, 0.3) is 22.5 Å². The fraction of sp³-hybridized carbons (Fsp3) is 0.286. The van der Waals surface area contributed by atoms with Gasteiger partial charge in [0, 0.05) is 17.0 Å². The van der Waals surface area contributed by atoms with Crippen LogP contribution in [0.2, 0.25) is 0 Å². The van der Waals surface area contributed by atoms with Crippen molar-refractivity contribution in [1.82, 2.24) is 24.8 Å². The summed E-state index contributed by atoms with van der Waals surface area (Å²) in [5.41, 5.74) is 8.35. The molecule has 0 unspecified atom stereocenters. The van der Waals surface area contributed by atoms with E-state index in [1.807, 2.05) is 31.3 Å². The molecule has 0 saturated heterocycles. The molecule has 3 N–H and O–H groups in total. The van der Waals surface area contributed by atoms with E-state index >= 15 is 0 Å². The molecule has 31 heavy (non-hydrogen) atoms. The van der Waals surface area contributed by atoms with E-state index in [1.54, 1.807) is 6.26 Å². The van der Waals surface area contributed by atoms with Crippen molar-refractivity contribution in [2.75, 3.05) is 26.1 Å². The standard InChI is InChI=1S/C21H22N6O3S/c1-23-6-2-3-7-27-20-18(19(22)24-11-25-20)26-21(27)31-17-10-16-15(29-12-30-16)9-13(17)14-5-4-8-28-14/h4-5,8-11,23H,2-3,6-7,12H2,1H3,(H2,22,24,25). The number of nitrogens with zero attached hydrogens (tertiary/aromatic N) is 4. The van der Waals surface area contributed by atoms with Crippen molar-refractivity contribution in [3.05, 3.63) is 36.9 Å². The normalized spacial score (nSPS) is 12.7. The predicted molar refractivity (Wildman–Crippen MR) is 117 cm³/mol. The summed E-state index contributed by atoms with van der Waals surface area (Å²) in [6, 6.07) is 7.69. The van der Waals surface area contributed by atoms with Crippen LogP contribution in [-0.4, -0.2) is 39.9 Å². The van der Waals surface area contributed by atoms with Gasteiger partial charge in [0.05, 0.1) is 6.26 Å². The maximum Gasteiger partial charge on any atom is 0.231 e. The molecule has 4 heterocycles. The highest BCUT2D eigenvalue weighted by atomic mass is 32.2. The number of nitrogen functional groups attached to an aromatic ring is 1. The lowest BCUT2D eigenvalue weighted by Gasteiger charge is -2.11. The molecule has 160 valence electrons. The van der Waals surface area contributed by atoms with Crippen molar-refractivity contribution in [3.8, 4) is 22.8 Å². The Kier molecular flexibility index (Phi) is 5.39. The lowest BCUT2D eigenvalue weighted by molar-refractivity contribution is 0.174. The van der Waals surface area contributed by atoms with Gasteiger partial charge in [0.2, 0.25) is 6.79 Å². The zero-order valence-electron chi connectivity index (χ0n) is 17.0. The molecule has 9 nitrogen and oxygen atoms in total. The number of aryl methyl sites for hydroxylation is 1. The highest BCUT2D eigenvalue weighted by Crippen LogP contribution is 2.45. The summed E-state index contributed by atoms with van der Waals surface area (Å²) in [6.45, 7) is 1.94. The van der Waals surface area contributed by atoms with Crippen LogP contribution in [0.4, 0.5) is 5.82 Å². The van der Waals surface area contributed by atoms with Crippen molar-refractivity contribution < 1.29 is 13.9 Å². The third kappa shape index (κ3) is 3.79. The lowest BCUT2D eigenvalue weighted by atomic mass is 10.1. The average molecular weight is 439 g/mol. The molecule has 3 aromatic heterocycles. The summed E-state index contributed by atoms with van der Waals surface area (Å²) >= 11 is 1.52. The summed E-state index contributed by atoms with van der Waals surface area (Å²) in [6.07, 6.45) is 5.16. The topological polar surface area (TPSA) is 113 Å². The highest BCUT2D eigenvalue weighted by Gasteiger charge is 2.23. The lowest BCUT2D eigenvalue weighted by Crippen LogP contribution is -2.09. The first-order chi connectivity index (χ1) is 15.2. The van der Waals surface area contributed by atoms with Crippen LogP contribution in [-0.2, 0) is 6.54 Å². The molecule has 10 heteroatoms. The Labute approximate surface area is 183 Å². The smallest absolute Gasteiger partial charge is 0.231 e. The number of hydrogen-bond donors (Lipinski definition) is 2. The van der Waals surface area contributed by atoms with Gasteiger partial charge in [-0.25, -0.2) is 15.0 Å². The highest BCUT2D eigenvalue weighted by molar-refractivity contribution is 7.99. The first kappa shape index (κ1) is 19.7. The second-order valence-electron chi connectivity index (χ2n) is 7.07. The van der Waals surface area contributed by atoms with Gasteiger partial charge in [0.25, 0.3) is 0 Å². The molecule has 0 amide bonds. The molecule has 0 atom stereocenters. The fourth-order valence-corrected chi connectivity index (χ4v) is 4.57. The Morgan fingerprint density at radius 1 is 1.19 bits per heavy atom. The number of unbranched alkanes of at least 4 members (excludes halogenated alkanes) is 1. The Morgan fingerprint density at radius 3 is 2.87 bits per heavy atom. The maximum absolute atomic E-state index is 6.09. The molecule has 0 bridgehead atoms. The van der Waals surface area contributed by atoms with Crippen molar-refractivity contribution >= 4 is 28.7 Å². The van der Waals surface area contributed by atoms with Gasteiger partial charge in [-0.3, -0.25) is 0 Å². The first-order valence-corrected chi connectivity index (χ1v) is 10.8. The Balaban J connectivity index is 1.57. The van der Waals surface area contributed by atoms with E-state index in [9.17, 15) is 0 Å². The van der Waals surface area contributed by atoms with Gasteiger partial charge in [-0.15, -0.1) is 0 Å². The second kappa shape index (κ2) is 8.48. The Morgan fingerprint density at radius 2 is 2.06 bits per heavy atom. The average Bonchev–Trinajstić information content (AvgIpc) is 3.51. The maximum atomic E-state index is 6.09. The van der Waals surface area contributed by atoms with Gasteiger partial charge in [0.1, 0.15) is 12.1 Å². The fourth-order valence-electron chi connectivity index (χ4n) is 3.52. The van der Waals surface area contributed by atoms with Crippen LogP contribution in [0.5, 0.6) is 11.5 Å². The minimum absolute atomic E-state index is 0.206. The molecule has 1 aromatic carbocycles. The molecule has 5 rings (SSSR count). The Hall–Kier alpha value is -3.24. The predicted octanol–water partition coefficient (Wildman–Crippen LogP) is 3.55. The SMILES string of the molecule is CNCCCCn1c(Sc2cc3c(cc2-c2ccco2)OCO3)nc2c(N)ncnc21. The molecule has 0 radical (unpaired) electrons. The zero-order chi connectivity index (χ0) is 21.2. The number of imidazole rings is 1. The number of hydrogen-bond acceptors (Lipinski definition) is 9. The molecule has 0 saturated carbocycles. The molecule has 0 fully saturated rings. The third-order valence-electron chi connectivity index (χ3n) is 5.05. The van der Waals surface area contributed by atoms with E-state index in [4.69, 9.17) is 24.6 Å². The minimum Gasteiger partial charge on any atom is -0.464 e. The van der Waals surface area contributed by atoms with Crippen molar-refractivity contribution in [2.45, 2.75) is 29.4 Å². The van der Waals surface area contributed by atoms with Crippen LogP contribution < -0.4 is 20.5 Å². The Bertz CT molecular complexity index is 1210. The van der Waals surface area contributed by atoms with E-state index in [1.165, 1.54) is 18.1 Å². The first-order valence-electron chi connectivity index (χ1n) is 10.0. The number of ether oxygens (including phenoxy) is 2. The molecule has 1 aliphatic heterocycles. The molecular formula is C21H22N6O3S. The van der Waals surface area contributed by atoms with Gasteiger partial charge in [0.15, 0.2) is 33.6 Å². The molecule has 0 spiro atoms. The third-order valence-corrected chi connectivity index (χ3v) is 6.10. The number of furan rings is 1. The van der Waals surface area contributed by atoms with Gasteiger partial charge in [-0.2, -0.15) is 0 Å². The van der Waals surface area contributed by atoms with Gasteiger partial charge in [-0.1, -0.05) is 11.8 Å². The van der Waals surface area contributed by atoms with Crippen molar-refractivity contribution in [3.63, 3.8) is 0 Å². The number of nitrogens with one attached hydrogen (secondary N) is 1. The monoisotopic (exact) mass is 438 g/mol. The minimum atomic E-state index is 0.206. The van der Waals surface area contributed by atoms with Gasteiger partial charge < -0.3 is 29.5 Å². The zero-order valence-corrected chi connectivity index (χ0v) is 17.8. The summed E-state index contributed by atoms with van der Waals surface area (Å²) in [7, 11) is 1.96. The van der Waals surface area contributed by atoms with E-state index in [0.29, 0.717) is 22.8 Å². The van der Waals surface area contributed by atoms with Gasteiger partial charge >= 0.3 is 0 Å². The number of fused-ring (bicyclic) bond motifs is 2. The molecule has 0 aliphatic carbocycles. The number of aromatic nitrogens is 4. The second-order valence-corrected chi connectivity index (χ2v) is 8.08. The van der Waals surface area contributed by atoms with Crippen LogP contribution >= 0.6 is 11.8 Å². The van der Waals surface area contributed by atoms with Crippen LogP contribution in [0.1, 0.15) is 12.8 Å². The molecular weight excluding hydrogens is 416 g/mol. The van der Waals surface area contributed by atoms with E-state index in [2.05, 4.69) is 19.9 Å². The number of anilines is 1. The quantitative estimate of drug-likeness (QED) is 0.399. The number of rotatable bonds is 8. The summed E-state index contributed by atoms with van der Waals surface area (Å²) in [4.78, 5) is 14.3. The summed E-state index contributed by atoms with van der Waals surface area (Å²) in [5, 5.41) is 3.97. The van der Waals surface area contributed by atoms with Crippen LogP contribution in [0.15, 0.2) is 51.3 Å². The van der Waals surface area contributed by atoms with E-state index < -0.39 is 0 Å². The summed E-state index contributed by atoms with van der Waals surface area (Å²) in [5.74, 6) is 2.52. The number of benzene rings is 1. The molecule has 1 aliphatic rings.